The average molecular weight is 254 g/mol. The van der Waals surface area contributed by atoms with Gasteiger partial charge in [-0.1, -0.05) is 6.92 Å². The number of carboxylic acids is 1. The van der Waals surface area contributed by atoms with Crippen molar-refractivity contribution in [1.82, 2.24) is 9.97 Å². The second kappa shape index (κ2) is 6.59. The van der Waals surface area contributed by atoms with Crippen LogP contribution in [0.2, 0.25) is 0 Å². The molecule has 1 aromatic heterocycles. The maximum absolute atomic E-state index is 10.6. The molecule has 0 amide bonds. The summed E-state index contributed by atoms with van der Waals surface area (Å²) >= 11 is 1.78. The number of carboxylic acid groups (broad SMARTS) is 1. The summed E-state index contributed by atoms with van der Waals surface area (Å²) in [5.74, 6) is 1.92. The molecule has 0 atom stereocenters. The van der Waals surface area contributed by atoms with Crippen LogP contribution in [0.4, 0.5) is 0 Å². The van der Waals surface area contributed by atoms with Crippen molar-refractivity contribution in [1.29, 1.82) is 0 Å². The standard InChI is InChI=1S/C12H18N2O2S/c1-4-17-7-11-13-8(2)10(9(3)14-11)5-6-12(15)16/h4-7H2,1-3H3,(H,15,16). The van der Waals surface area contributed by atoms with E-state index in [9.17, 15) is 4.79 Å². The van der Waals surface area contributed by atoms with E-state index in [2.05, 4.69) is 16.9 Å². The van der Waals surface area contributed by atoms with Crippen LogP contribution in [0, 0.1) is 13.8 Å². The number of thioether (sulfide) groups is 1. The van der Waals surface area contributed by atoms with Crippen molar-refractivity contribution >= 4 is 17.7 Å². The van der Waals surface area contributed by atoms with Crippen LogP contribution in [0.1, 0.15) is 36.1 Å². The number of aromatic nitrogens is 2. The minimum Gasteiger partial charge on any atom is -0.481 e. The van der Waals surface area contributed by atoms with E-state index in [1.807, 2.05) is 13.8 Å². The fourth-order valence-electron chi connectivity index (χ4n) is 1.66. The Bertz CT molecular complexity index is 384. The summed E-state index contributed by atoms with van der Waals surface area (Å²) in [5, 5.41) is 8.68. The molecular formula is C12H18N2O2S. The third-order valence-electron chi connectivity index (χ3n) is 2.49. The maximum Gasteiger partial charge on any atom is 0.303 e. The summed E-state index contributed by atoms with van der Waals surface area (Å²) in [4.78, 5) is 19.4. The highest BCUT2D eigenvalue weighted by Gasteiger charge is 2.10. The zero-order valence-electron chi connectivity index (χ0n) is 10.5. The van der Waals surface area contributed by atoms with Gasteiger partial charge in [0.15, 0.2) is 0 Å². The lowest BCUT2D eigenvalue weighted by Gasteiger charge is -2.09. The van der Waals surface area contributed by atoms with E-state index in [1.54, 1.807) is 11.8 Å². The summed E-state index contributed by atoms with van der Waals surface area (Å²) in [6, 6.07) is 0. The molecule has 0 aliphatic rings. The highest BCUT2D eigenvalue weighted by molar-refractivity contribution is 7.98. The van der Waals surface area contributed by atoms with Crippen molar-refractivity contribution in [2.24, 2.45) is 0 Å². The summed E-state index contributed by atoms with van der Waals surface area (Å²) in [6.45, 7) is 5.95. The van der Waals surface area contributed by atoms with Gasteiger partial charge >= 0.3 is 5.97 Å². The number of aryl methyl sites for hydroxylation is 2. The topological polar surface area (TPSA) is 63.1 Å². The molecule has 0 fully saturated rings. The van der Waals surface area contributed by atoms with Crippen molar-refractivity contribution in [3.8, 4) is 0 Å². The normalized spacial score (nSPS) is 10.5. The van der Waals surface area contributed by atoms with Gasteiger partial charge in [-0.15, -0.1) is 0 Å². The lowest BCUT2D eigenvalue weighted by molar-refractivity contribution is -0.136. The first-order valence-corrected chi connectivity index (χ1v) is 6.82. The second-order valence-electron chi connectivity index (χ2n) is 3.82. The van der Waals surface area contributed by atoms with Gasteiger partial charge < -0.3 is 5.11 Å². The van der Waals surface area contributed by atoms with E-state index >= 15 is 0 Å². The molecule has 0 aromatic carbocycles. The largest absolute Gasteiger partial charge is 0.481 e. The molecule has 1 aromatic rings. The van der Waals surface area contributed by atoms with Crippen LogP contribution in [0.15, 0.2) is 0 Å². The summed E-state index contributed by atoms with van der Waals surface area (Å²) in [5.41, 5.74) is 2.79. The van der Waals surface area contributed by atoms with Gasteiger partial charge in [0.1, 0.15) is 5.82 Å². The van der Waals surface area contributed by atoms with Gasteiger partial charge in [-0.3, -0.25) is 4.79 Å². The summed E-state index contributed by atoms with van der Waals surface area (Å²) in [7, 11) is 0. The number of hydrogen-bond donors (Lipinski definition) is 1. The lowest BCUT2D eigenvalue weighted by Crippen LogP contribution is -2.07. The van der Waals surface area contributed by atoms with Crippen LogP contribution in [0.5, 0.6) is 0 Å². The van der Waals surface area contributed by atoms with E-state index in [4.69, 9.17) is 5.11 Å². The summed E-state index contributed by atoms with van der Waals surface area (Å²) in [6.07, 6.45) is 0.641. The Kier molecular flexibility index (Phi) is 5.41. The summed E-state index contributed by atoms with van der Waals surface area (Å²) < 4.78 is 0. The van der Waals surface area contributed by atoms with Crippen LogP contribution < -0.4 is 0 Å². The van der Waals surface area contributed by atoms with E-state index in [-0.39, 0.29) is 6.42 Å². The van der Waals surface area contributed by atoms with Crippen molar-refractivity contribution < 1.29 is 9.90 Å². The van der Waals surface area contributed by atoms with E-state index in [0.29, 0.717) is 6.42 Å². The van der Waals surface area contributed by atoms with Gasteiger partial charge in [0.2, 0.25) is 0 Å². The molecule has 1 heterocycles. The number of carbonyl (C=O) groups is 1. The zero-order valence-corrected chi connectivity index (χ0v) is 11.3. The molecule has 1 rings (SSSR count). The Morgan fingerprint density at radius 3 is 2.35 bits per heavy atom. The smallest absolute Gasteiger partial charge is 0.303 e. The number of hydrogen-bond acceptors (Lipinski definition) is 4. The molecule has 0 unspecified atom stereocenters. The van der Waals surface area contributed by atoms with Crippen molar-refractivity contribution in [3.63, 3.8) is 0 Å². The van der Waals surface area contributed by atoms with Crippen molar-refractivity contribution in [3.05, 3.63) is 22.8 Å². The monoisotopic (exact) mass is 254 g/mol. The highest BCUT2D eigenvalue weighted by Crippen LogP contribution is 2.15. The molecule has 0 aliphatic carbocycles. The van der Waals surface area contributed by atoms with Crippen LogP contribution in [-0.2, 0) is 17.0 Å². The third-order valence-corrected chi connectivity index (χ3v) is 3.36. The first-order valence-electron chi connectivity index (χ1n) is 5.67. The van der Waals surface area contributed by atoms with Crippen molar-refractivity contribution in [2.75, 3.05) is 5.75 Å². The molecule has 0 bridgehead atoms. The molecule has 0 saturated heterocycles. The molecule has 0 aliphatic heterocycles. The SMILES string of the molecule is CCSCc1nc(C)c(CCC(=O)O)c(C)n1. The van der Waals surface area contributed by atoms with Gasteiger partial charge in [0.25, 0.3) is 0 Å². The van der Waals surface area contributed by atoms with Gasteiger partial charge in [-0.25, -0.2) is 9.97 Å². The Labute approximate surface area is 106 Å². The first-order chi connectivity index (χ1) is 8.04. The molecule has 94 valence electrons. The predicted octanol–water partition coefficient (Wildman–Crippen LogP) is 2.36. The molecule has 0 spiro atoms. The average Bonchev–Trinajstić information content (AvgIpc) is 2.24. The molecule has 17 heavy (non-hydrogen) atoms. The fraction of sp³-hybridized carbons (Fsp3) is 0.583. The maximum atomic E-state index is 10.6. The molecule has 0 saturated carbocycles. The number of nitrogens with zero attached hydrogens (tertiary/aromatic N) is 2. The van der Waals surface area contributed by atoms with E-state index in [1.165, 1.54) is 0 Å². The van der Waals surface area contributed by atoms with Gasteiger partial charge in [-0.2, -0.15) is 11.8 Å². The Morgan fingerprint density at radius 1 is 1.29 bits per heavy atom. The van der Waals surface area contributed by atoms with E-state index in [0.717, 1.165) is 34.3 Å². The molecule has 1 N–H and O–H groups in total. The van der Waals surface area contributed by atoms with Crippen LogP contribution in [0.3, 0.4) is 0 Å². The quantitative estimate of drug-likeness (QED) is 0.844. The minimum absolute atomic E-state index is 0.133. The van der Waals surface area contributed by atoms with Crippen LogP contribution in [0.25, 0.3) is 0 Å². The minimum atomic E-state index is -0.783. The lowest BCUT2D eigenvalue weighted by atomic mass is 10.1. The van der Waals surface area contributed by atoms with E-state index < -0.39 is 5.97 Å². The molecule has 4 nitrogen and oxygen atoms in total. The van der Waals surface area contributed by atoms with Crippen LogP contribution in [-0.4, -0.2) is 26.8 Å². The molecular weight excluding hydrogens is 236 g/mol. The first kappa shape index (κ1) is 14.0. The third kappa shape index (κ3) is 4.34. The predicted molar refractivity (Wildman–Crippen MR) is 69.3 cm³/mol. The highest BCUT2D eigenvalue weighted by atomic mass is 32.2. The zero-order chi connectivity index (χ0) is 12.8. The Morgan fingerprint density at radius 2 is 1.88 bits per heavy atom. The Balaban J connectivity index is 2.82. The fourth-order valence-corrected chi connectivity index (χ4v) is 2.18. The van der Waals surface area contributed by atoms with Gasteiger partial charge in [0.05, 0.1) is 5.75 Å². The van der Waals surface area contributed by atoms with Gasteiger partial charge in [0, 0.05) is 17.8 Å². The second-order valence-corrected chi connectivity index (χ2v) is 5.09. The van der Waals surface area contributed by atoms with Crippen molar-refractivity contribution in [2.45, 2.75) is 39.4 Å². The molecule has 5 heteroatoms. The molecule has 0 radical (unpaired) electrons. The van der Waals surface area contributed by atoms with Crippen LogP contribution >= 0.6 is 11.8 Å². The Hall–Kier alpha value is -1.10. The van der Waals surface area contributed by atoms with Gasteiger partial charge in [-0.05, 0) is 31.6 Å². The number of aliphatic carboxylic acids is 1. The number of rotatable bonds is 6.